The molecule has 2 heterocycles. The Balaban J connectivity index is 0.000000408. The van der Waals surface area contributed by atoms with Gasteiger partial charge in [-0.05, 0) is 12.1 Å². The number of nitrogens with zero attached hydrogens (tertiary/aromatic N) is 1. The van der Waals surface area contributed by atoms with E-state index in [-0.39, 0.29) is 29.8 Å². The lowest BCUT2D eigenvalue weighted by molar-refractivity contribution is -0.191. The maximum Gasteiger partial charge on any atom is 0.373 e. The topological polar surface area (TPSA) is 83.6 Å². The van der Waals surface area contributed by atoms with Gasteiger partial charge in [0.15, 0.2) is 0 Å². The predicted molar refractivity (Wildman–Crippen MR) is 63.8 cm³/mol. The highest BCUT2D eigenvalue weighted by molar-refractivity contribution is 6.06. The van der Waals surface area contributed by atoms with E-state index in [1.165, 1.54) is 0 Å². The minimum absolute atomic E-state index is 0.117. The van der Waals surface area contributed by atoms with Gasteiger partial charge in [0.1, 0.15) is 0 Å². The van der Waals surface area contributed by atoms with Gasteiger partial charge in [-0.1, -0.05) is 18.2 Å². The number of imide groups is 1. The molecule has 0 bridgehead atoms. The second kappa shape index (κ2) is 5.46. The first-order chi connectivity index (χ1) is 9.17. The first kappa shape index (κ1) is 13.0. The molecule has 19 heavy (non-hydrogen) atoms. The number of carbonyl (C=O) groups is 2. The fraction of sp³-hybridized carbons (Fsp3) is 0.308. The molecule has 1 aromatic rings. The Morgan fingerprint density at radius 1 is 1.00 bits per heavy atom. The number of carbonyl (C=O) groups excluding carboxylic acids is 4. The van der Waals surface area contributed by atoms with Crippen molar-refractivity contribution in [2.24, 2.45) is 11.8 Å². The van der Waals surface area contributed by atoms with Gasteiger partial charge in [-0.2, -0.15) is 9.59 Å². The summed E-state index contributed by atoms with van der Waals surface area (Å²) >= 11 is 0. The van der Waals surface area contributed by atoms with Crippen molar-refractivity contribution in [3.63, 3.8) is 0 Å². The number of anilines is 1. The Kier molecular flexibility index (Phi) is 3.73. The van der Waals surface area contributed by atoms with Crippen molar-refractivity contribution >= 4 is 23.7 Å². The number of amides is 2. The number of fused-ring (bicyclic) bond motifs is 1. The average Bonchev–Trinajstić information content (AvgIpc) is 2.95. The molecule has 2 saturated heterocycles. The molecular weight excluding hydrogens is 248 g/mol. The van der Waals surface area contributed by atoms with Gasteiger partial charge in [-0.25, -0.2) is 0 Å². The van der Waals surface area contributed by atoms with E-state index in [9.17, 15) is 9.59 Å². The van der Waals surface area contributed by atoms with Gasteiger partial charge in [-0.15, -0.1) is 0 Å². The molecule has 1 N–H and O–H groups in total. The zero-order valence-electron chi connectivity index (χ0n) is 10.0. The second-order valence-corrected chi connectivity index (χ2v) is 4.39. The first-order valence-corrected chi connectivity index (χ1v) is 5.81. The van der Waals surface area contributed by atoms with E-state index in [4.69, 9.17) is 9.59 Å². The molecule has 1 aromatic carbocycles. The molecule has 6 nitrogen and oxygen atoms in total. The molecule has 2 atom stereocenters. The molecule has 0 aliphatic carbocycles. The number of rotatable bonds is 1. The molecular formula is C13H12N2O4. The average molecular weight is 260 g/mol. The Bertz CT molecular complexity index is 501. The molecule has 0 radical (unpaired) electrons. The van der Waals surface area contributed by atoms with E-state index in [1.54, 1.807) is 0 Å². The van der Waals surface area contributed by atoms with Gasteiger partial charge in [-0.3, -0.25) is 14.9 Å². The monoisotopic (exact) mass is 260 g/mol. The molecule has 6 heteroatoms. The second-order valence-electron chi connectivity index (χ2n) is 4.39. The highest BCUT2D eigenvalue weighted by Gasteiger charge is 2.47. The van der Waals surface area contributed by atoms with Gasteiger partial charge in [0, 0.05) is 18.8 Å². The van der Waals surface area contributed by atoms with E-state index < -0.39 is 0 Å². The van der Waals surface area contributed by atoms with Crippen molar-refractivity contribution in [3.8, 4) is 0 Å². The molecule has 2 aliphatic rings. The van der Waals surface area contributed by atoms with Crippen LogP contribution in [0.1, 0.15) is 0 Å². The standard InChI is InChI=1S/C12H12N2O2.CO2/c15-11-9-6-14(7-10(9)12(16)13-11)8-4-2-1-3-5-8;2-1-3/h1-5,9-10H,6-7H2,(H,13,15,16);/t9-,10+;. The third-order valence-electron chi connectivity index (χ3n) is 3.36. The van der Waals surface area contributed by atoms with E-state index in [2.05, 4.69) is 10.2 Å². The summed E-state index contributed by atoms with van der Waals surface area (Å²) in [6.07, 6.45) is 0.250. The highest BCUT2D eigenvalue weighted by atomic mass is 16.2. The van der Waals surface area contributed by atoms with Crippen LogP contribution < -0.4 is 10.2 Å². The van der Waals surface area contributed by atoms with E-state index in [0.717, 1.165) is 5.69 Å². The van der Waals surface area contributed by atoms with Crippen LogP contribution in [-0.4, -0.2) is 31.1 Å². The number of hydrogen-bond donors (Lipinski definition) is 1. The van der Waals surface area contributed by atoms with Crippen molar-refractivity contribution in [1.29, 1.82) is 0 Å². The summed E-state index contributed by atoms with van der Waals surface area (Å²) in [5.74, 6) is -0.553. The third kappa shape index (κ3) is 2.53. The molecule has 2 aliphatic heterocycles. The third-order valence-corrected chi connectivity index (χ3v) is 3.36. The molecule has 2 amide bonds. The van der Waals surface area contributed by atoms with Gasteiger partial charge in [0.25, 0.3) is 0 Å². The number of hydrogen-bond acceptors (Lipinski definition) is 5. The smallest absolute Gasteiger partial charge is 0.370 e. The minimum Gasteiger partial charge on any atom is -0.370 e. The summed E-state index contributed by atoms with van der Waals surface area (Å²) in [6, 6.07) is 9.89. The van der Waals surface area contributed by atoms with Crippen LogP contribution in [-0.2, 0) is 19.2 Å². The lowest BCUT2D eigenvalue weighted by atomic mass is 10.00. The van der Waals surface area contributed by atoms with Crippen molar-refractivity contribution in [2.75, 3.05) is 18.0 Å². The van der Waals surface area contributed by atoms with Crippen LogP contribution in [0.4, 0.5) is 5.69 Å². The predicted octanol–water partition coefficient (Wildman–Crippen LogP) is -0.188. The Morgan fingerprint density at radius 3 is 1.95 bits per heavy atom. The number of para-hydroxylation sites is 1. The fourth-order valence-corrected chi connectivity index (χ4v) is 2.49. The summed E-state index contributed by atoms with van der Waals surface area (Å²) in [7, 11) is 0. The maximum atomic E-state index is 11.5. The zero-order valence-corrected chi connectivity index (χ0v) is 10.0. The van der Waals surface area contributed by atoms with Crippen LogP contribution in [0, 0.1) is 11.8 Å². The van der Waals surface area contributed by atoms with Crippen LogP contribution in [0.15, 0.2) is 30.3 Å². The van der Waals surface area contributed by atoms with Gasteiger partial charge >= 0.3 is 6.15 Å². The number of nitrogens with one attached hydrogen (secondary N) is 1. The summed E-state index contributed by atoms with van der Waals surface area (Å²) in [5.41, 5.74) is 1.08. The van der Waals surface area contributed by atoms with Crippen molar-refractivity contribution in [1.82, 2.24) is 5.32 Å². The minimum atomic E-state index is -0.160. The fourth-order valence-electron chi connectivity index (χ4n) is 2.49. The SMILES string of the molecule is O=C1NC(=O)[C@@H]2CN(c3ccccc3)C[C@H]12.O=C=O. The lowest BCUT2D eigenvalue weighted by Gasteiger charge is -2.18. The van der Waals surface area contributed by atoms with Gasteiger partial charge in [0.2, 0.25) is 11.8 Å². The molecule has 0 unspecified atom stereocenters. The van der Waals surface area contributed by atoms with Crippen molar-refractivity contribution in [2.45, 2.75) is 0 Å². The van der Waals surface area contributed by atoms with Gasteiger partial charge in [0.05, 0.1) is 11.8 Å². The molecule has 0 spiro atoms. The van der Waals surface area contributed by atoms with Crippen LogP contribution in [0.25, 0.3) is 0 Å². The summed E-state index contributed by atoms with van der Waals surface area (Å²) in [4.78, 5) is 41.3. The van der Waals surface area contributed by atoms with Crippen LogP contribution in [0.5, 0.6) is 0 Å². The highest BCUT2D eigenvalue weighted by Crippen LogP contribution is 2.31. The Morgan fingerprint density at radius 2 is 1.47 bits per heavy atom. The molecule has 0 aromatic heterocycles. The van der Waals surface area contributed by atoms with Crippen LogP contribution in [0.3, 0.4) is 0 Å². The van der Waals surface area contributed by atoms with Crippen molar-refractivity contribution < 1.29 is 19.2 Å². The summed E-state index contributed by atoms with van der Waals surface area (Å²) in [6.45, 7) is 1.29. The van der Waals surface area contributed by atoms with Crippen LogP contribution in [0.2, 0.25) is 0 Å². The summed E-state index contributed by atoms with van der Waals surface area (Å²) < 4.78 is 0. The Labute approximate surface area is 109 Å². The van der Waals surface area contributed by atoms with Crippen molar-refractivity contribution in [3.05, 3.63) is 30.3 Å². The summed E-state index contributed by atoms with van der Waals surface area (Å²) in [5, 5.41) is 2.39. The largest absolute Gasteiger partial charge is 0.373 e. The van der Waals surface area contributed by atoms with E-state index >= 15 is 0 Å². The maximum absolute atomic E-state index is 11.5. The van der Waals surface area contributed by atoms with Crippen LogP contribution >= 0.6 is 0 Å². The quantitative estimate of drug-likeness (QED) is 0.708. The van der Waals surface area contributed by atoms with E-state index in [0.29, 0.717) is 13.1 Å². The zero-order chi connectivity index (χ0) is 13.8. The number of benzene rings is 1. The molecule has 3 rings (SSSR count). The molecule has 0 saturated carbocycles. The normalized spacial score (nSPS) is 24.1. The molecule has 98 valence electrons. The van der Waals surface area contributed by atoms with E-state index in [1.807, 2.05) is 30.3 Å². The lowest BCUT2D eigenvalue weighted by Crippen LogP contribution is -2.31. The molecule has 2 fully saturated rings. The first-order valence-electron chi connectivity index (χ1n) is 5.81. The van der Waals surface area contributed by atoms with Gasteiger partial charge < -0.3 is 4.90 Å². The Hall–Kier alpha value is -2.46.